The molecule has 0 saturated carbocycles. The molecule has 0 aromatic carbocycles. The summed E-state index contributed by atoms with van der Waals surface area (Å²) in [5, 5.41) is 0. The molecule has 1 aromatic rings. The molecule has 2 heterocycles. The maximum Gasteiger partial charge on any atom is 0.334 e. The molecule has 126 valence electrons. The van der Waals surface area contributed by atoms with Crippen LogP contribution in [0.2, 0.25) is 0 Å². The van der Waals surface area contributed by atoms with Gasteiger partial charge in [0.25, 0.3) is 0 Å². The lowest BCUT2D eigenvalue weighted by Gasteiger charge is -2.17. The number of urea groups is 1. The minimum absolute atomic E-state index is 0.183. The van der Waals surface area contributed by atoms with Gasteiger partial charge in [0.2, 0.25) is 0 Å². The van der Waals surface area contributed by atoms with Crippen LogP contribution < -0.4 is 0 Å². The van der Waals surface area contributed by atoms with Crippen LogP contribution in [0.4, 0.5) is 4.79 Å². The first-order chi connectivity index (χ1) is 11.6. The van der Waals surface area contributed by atoms with Crippen LogP contribution in [0, 0.1) is 0 Å². The molecule has 24 heavy (non-hydrogen) atoms. The normalized spacial score (nSPS) is 18.3. The second kappa shape index (κ2) is 6.82. The lowest BCUT2D eigenvalue weighted by atomic mass is 9.97. The number of nitrogens with zero attached hydrogens (tertiary/aromatic N) is 2. The summed E-state index contributed by atoms with van der Waals surface area (Å²) < 4.78 is 0. The first-order valence-corrected chi connectivity index (χ1v) is 8.09. The molecular weight excluding hydrogens is 310 g/mol. The van der Waals surface area contributed by atoms with E-state index in [9.17, 15) is 19.2 Å². The van der Waals surface area contributed by atoms with Gasteiger partial charge in [-0.3, -0.25) is 19.3 Å². The molecule has 4 amide bonds. The van der Waals surface area contributed by atoms with Crippen molar-refractivity contribution in [3.63, 3.8) is 0 Å². The van der Waals surface area contributed by atoms with E-state index in [1.165, 1.54) is 5.57 Å². The number of imide groups is 2. The van der Waals surface area contributed by atoms with Gasteiger partial charge in [-0.05, 0) is 44.2 Å². The summed E-state index contributed by atoms with van der Waals surface area (Å²) in [6.07, 6.45) is 8.58. The van der Waals surface area contributed by atoms with Gasteiger partial charge in [-0.25, -0.2) is 9.69 Å². The Morgan fingerprint density at radius 3 is 2.58 bits per heavy atom. The molecule has 1 aliphatic carbocycles. The molecule has 0 bridgehead atoms. The van der Waals surface area contributed by atoms with Crippen LogP contribution in [0.15, 0.2) is 30.0 Å². The van der Waals surface area contributed by atoms with Gasteiger partial charge in [0.15, 0.2) is 5.78 Å². The smallest absolute Gasteiger partial charge is 0.334 e. The Kier molecular flexibility index (Phi) is 4.59. The number of hydrogen-bond donors (Lipinski definition) is 1. The molecule has 7 nitrogen and oxygen atoms in total. The van der Waals surface area contributed by atoms with Crippen molar-refractivity contribution in [2.45, 2.75) is 32.1 Å². The van der Waals surface area contributed by atoms with Crippen molar-refractivity contribution >= 4 is 23.6 Å². The second-order valence-corrected chi connectivity index (χ2v) is 6.00. The topological polar surface area (TPSA) is 90.6 Å². The van der Waals surface area contributed by atoms with E-state index in [4.69, 9.17) is 0 Å². The quantitative estimate of drug-likeness (QED) is 0.373. The molecule has 7 heteroatoms. The number of hydrogen-bond acceptors (Lipinski definition) is 4. The molecule has 0 radical (unpaired) electrons. The van der Waals surface area contributed by atoms with Crippen LogP contribution in [-0.4, -0.2) is 51.5 Å². The summed E-state index contributed by atoms with van der Waals surface area (Å²) in [7, 11) is 0. The third-order valence-corrected chi connectivity index (χ3v) is 4.38. The Bertz CT molecular complexity index is 705. The van der Waals surface area contributed by atoms with Crippen molar-refractivity contribution < 1.29 is 19.2 Å². The van der Waals surface area contributed by atoms with Crippen LogP contribution >= 0.6 is 0 Å². The molecule has 1 aliphatic heterocycles. The fourth-order valence-electron chi connectivity index (χ4n) is 3.01. The number of aromatic amines is 1. The summed E-state index contributed by atoms with van der Waals surface area (Å²) in [5.74, 6) is -2.19. The number of H-pyrrole nitrogens is 1. The molecular formula is C17H19N3O4. The number of rotatable bonds is 6. The van der Waals surface area contributed by atoms with E-state index in [1.54, 1.807) is 18.3 Å². The van der Waals surface area contributed by atoms with E-state index >= 15 is 0 Å². The SMILES string of the molecule is O=C(CN1C(=O)C(=O)N(CCC2=CCCCC2)C1=O)c1ccc[nH]1. The molecule has 0 unspecified atom stereocenters. The van der Waals surface area contributed by atoms with E-state index < -0.39 is 30.2 Å². The van der Waals surface area contributed by atoms with Crippen molar-refractivity contribution in [1.29, 1.82) is 0 Å². The number of amides is 4. The number of nitrogens with one attached hydrogen (secondary N) is 1. The maximum absolute atomic E-state index is 12.3. The van der Waals surface area contributed by atoms with Crippen molar-refractivity contribution in [2.24, 2.45) is 0 Å². The lowest BCUT2D eigenvalue weighted by Crippen LogP contribution is -2.37. The van der Waals surface area contributed by atoms with Gasteiger partial charge in [0.1, 0.15) is 0 Å². The second-order valence-electron chi connectivity index (χ2n) is 6.00. The summed E-state index contributed by atoms with van der Waals surface area (Å²) in [6.45, 7) is -0.244. The van der Waals surface area contributed by atoms with Crippen LogP contribution in [0.3, 0.4) is 0 Å². The number of allylic oxidation sites excluding steroid dienone is 1. The summed E-state index contributed by atoms with van der Waals surface area (Å²) >= 11 is 0. The van der Waals surface area contributed by atoms with Crippen LogP contribution in [-0.2, 0) is 9.59 Å². The van der Waals surface area contributed by atoms with Crippen molar-refractivity contribution in [1.82, 2.24) is 14.8 Å². The molecule has 1 saturated heterocycles. The molecule has 3 rings (SSSR count). The Morgan fingerprint density at radius 2 is 1.92 bits per heavy atom. The van der Waals surface area contributed by atoms with E-state index in [0.29, 0.717) is 12.1 Å². The van der Waals surface area contributed by atoms with Gasteiger partial charge in [0, 0.05) is 12.7 Å². The predicted molar refractivity (Wildman–Crippen MR) is 85.1 cm³/mol. The Labute approximate surface area is 139 Å². The van der Waals surface area contributed by atoms with Crippen molar-refractivity contribution in [3.8, 4) is 0 Å². The Morgan fingerprint density at radius 1 is 1.12 bits per heavy atom. The van der Waals surface area contributed by atoms with Gasteiger partial charge in [-0.15, -0.1) is 0 Å². The summed E-state index contributed by atoms with van der Waals surface area (Å²) in [5.41, 5.74) is 1.52. The van der Waals surface area contributed by atoms with Crippen LogP contribution in [0.1, 0.15) is 42.6 Å². The number of Topliss-reactive ketones (excluding diaryl/α,β-unsaturated/α-hetero) is 1. The predicted octanol–water partition coefficient (Wildman–Crippen LogP) is 1.88. The Balaban J connectivity index is 1.64. The minimum atomic E-state index is -0.933. The summed E-state index contributed by atoms with van der Waals surface area (Å²) in [6, 6.07) is 2.50. The molecule has 2 aliphatic rings. The highest BCUT2D eigenvalue weighted by molar-refractivity contribution is 6.45. The highest BCUT2D eigenvalue weighted by Crippen LogP contribution is 2.22. The lowest BCUT2D eigenvalue weighted by molar-refractivity contribution is -0.143. The van der Waals surface area contributed by atoms with Crippen molar-refractivity contribution in [3.05, 3.63) is 35.7 Å². The van der Waals surface area contributed by atoms with E-state index in [2.05, 4.69) is 11.1 Å². The zero-order valence-electron chi connectivity index (χ0n) is 13.3. The maximum atomic E-state index is 12.3. The first-order valence-electron chi connectivity index (χ1n) is 8.09. The average molecular weight is 329 g/mol. The van der Waals surface area contributed by atoms with Gasteiger partial charge in [-0.2, -0.15) is 0 Å². The highest BCUT2D eigenvalue weighted by atomic mass is 16.2. The van der Waals surface area contributed by atoms with Gasteiger partial charge in [0.05, 0.1) is 12.2 Å². The molecule has 1 aromatic heterocycles. The van der Waals surface area contributed by atoms with Crippen LogP contribution in [0.25, 0.3) is 0 Å². The van der Waals surface area contributed by atoms with E-state index in [-0.39, 0.29) is 6.54 Å². The number of aromatic nitrogens is 1. The van der Waals surface area contributed by atoms with Gasteiger partial charge < -0.3 is 4.98 Å². The fraction of sp³-hybridized carbons (Fsp3) is 0.412. The van der Waals surface area contributed by atoms with E-state index in [1.807, 2.05) is 0 Å². The monoisotopic (exact) mass is 329 g/mol. The summed E-state index contributed by atoms with van der Waals surface area (Å²) in [4.78, 5) is 52.8. The van der Waals surface area contributed by atoms with E-state index in [0.717, 1.165) is 35.5 Å². The fourth-order valence-corrected chi connectivity index (χ4v) is 3.01. The standard InChI is InChI=1S/C17H19N3O4/c21-14(13-7-4-9-18-13)11-20-16(23)15(22)19(17(20)24)10-8-12-5-2-1-3-6-12/h4-5,7,9,18H,1-3,6,8,10-11H2. The number of carbonyl (C=O) groups excluding carboxylic acids is 4. The van der Waals surface area contributed by atoms with Crippen LogP contribution in [0.5, 0.6) is 0 Å². The zero-order valence-corrected chi connectivity index (χ0v) is 13.3. The zero-order chi connectivity index (χ0) is 17.1. The highest BCUT2D eigenvalue weighted by Gasteiger charge is 2.44. The third kappa shape index (κ3) is 3.15. The molecule has 1 fully saturated rings. The minimum Gasteiger partial charge on any atom is -0.359 e. The molecule has 1 N–H and O–H groups in total. The van der Waals surface area contributed by atoms with Gasteiger partial charge >= 0.3 is 17.8 Å². The largest absolute Gasteiger partial charge is 0.359 e. The molecule has 0 spiro atoms. The molecule has 0 atom stereocenters. The number of carbonyl (C=O) groups is 4. The third-order valence-electron chi connectivity index (χ3n) is 4.38. The first kappa shape index (κ1) is 16.2. The average Bonchev–Trinajstić information content (AvgIpc) is 3.19. The van der Waals surface area contributed by atoms with Crippen molar-refractivity contribution in [2.75, 3.05) is 13.1 Å². The Hall–Kier alpha value is -2.70. The van der Waals surface area contributed by atoms with Gasteiger partial charge in [-0.1, -0.05) is 11.6 Å². The number of ketones is 1.